The zero-order valence-corrected chi connectivity index (χ0v) is 17.3. The van der Waals surface area contributed by atoms with Gasteiger partial charge in [-0.2, -0.15) is 0 Å². The molecule has 27 heavy (non-hydrogen) atoms. The summed E-state index contributed by atoms with van der Waals surface area (Å²) in [5.41, 5.74) is 2.13. The maximum absolute atomic E-state index is 12.5. The molecule has 9 heteroatoms. The minimum atomic E-state index is -0.251. The number of hydrogen-bond donors (Lipinski definition) is 2. The first-order valence-corrected chi connectivity index (χ1v) is 9.72. The number of imidazole rings is 1. The first-order valence-electron chi connectivity index (χ1n) is 8.95. The summed E-state index contributed by atoms with van der Waals surface area (Å²) in [7, 11) is 3.23. The van der Waals surface area contributed by atoms with E-state index < -0.39 is 0 Å². The quantitative estimate of drug-likeness (QED) is 0.472. The van der Waals surface area contributed by atoms with E-state index in [1.54, 1.807) is 14.2 Å². The number of aromatic amines is 1. The number of carbonyl (C=O) groups is 1. The number of fused-ring (bicyclic) bond motifs is 1. The van der Waals surface area contributed by atoms with Crippen LogP contribution in [-0.2, 0) is 5.41 Å². The van der Waals surface area contributed by atoms with Crippen LogP contribution in [0.15, 0.2) is 12.1 Å². The monoisotopic (exact) mass is 393 g/mol. The molecule has 1 aliphatic heterocycles. The van der Waals surface area contributed by atoms with Gasteiger partial charge in [0, 0.05) is 23.4 Å². The maximum atomic E-state index is 12.5. The smallest absolute Gasteiger partial charge is 0.298 e. The zero-order chi connectivity index (χ0) is 19.8. The van der Waals surface area contributed by atoms with Crippen LogP contribution in [0.5, 0.6) is 5.75 Å². The van der Waals surface area contributed by atoms with E-state index >= 15 is 0 Å². The molecule has 1 aliphatic rings. The number of quaternary nitrogens is 1. The van der Waals surface area contributed by atoms with Crippen LogP contribution < -0.4 is 10.1 Å². The van der Waals surface area contributed by atoms with Crippen LogP contribution in [-0.4, -0.2) is 64.5 Å². The summed E-state index contributed by atoms with van der Waals surface area (Å²) in [6.45, 7) is 8.41. The predicted octanol–water partition coefficient (Wildman–Crippen LogP) is 3.31. The molecular weight excluding hydrogens is 366 g/mol. The van der Waals surface area contributed by atoms with Gasteiger partial charge in [-0.25, -0.2) is 9.29 Å². The predicted molar refractivity (Wildman–Crippen MR) is 109 cm³/mol. The first kappa shape index (κ1) is 19.9. The highest BCUT2D eigenvalue weighted by Gasteiger charge is 2.24. The molecule has 1 fully saturated rings. The number of nitrogens with one attached hydrogen (secondary N) is 2. The lowest BCUT2D eigenvalue weighted by Gasteiger charge is -2.44. The second-order valence-electron chi connectivity index (χ2n) is 8.08. The maximum Gasteiger partial charge on any atom is 0.298 e. The Morgan fingerprint density at radius 1 is 1.37 bits per heavy atom. The van der Waals surface area contributed by atoms with Gasteiger partial charge in [0.1, 0.15) is 11.6 Å². The number of amides is 1. The van der Waals surface area contributed by atoms with Crippen molar-refractivity contribution in [3.63, 3.8) is 0 Å². The molecule has 1 aromatic carbocycles. The molecule has 1 saturated heterocycles. The topological polar surface area (TPSA) is 93.3 Å². The van der Waals surface area contributed by atoms with Crippen molar-refractivity contribution in [3.8, 4) is 5.75 Å². The van der Waals surface area contributed by atoms with E-state index in [4.69, 9.17) is 4.74 Å². The molecule has 2 heterocycles. The number of hydrogen-bond acceptors (Lipinski definition) is 6. The third kappa shape index (κ3) is 4.73. The number of benzene rings is 1. The molecule has 0 atom stereocenters. The highest BCUT2D eigenvalue weighted by atomic mass is 32.2. The van der Waals surface area contributed by atoms with E-state index in [1.807, 2.05) is 16.4 Å². The highest BCUT2D eigenvalue weighted by Crippen LogP contribution is 2.32. The van der Waals surface area contributed by atoms with E-state index in [0.29, 0.717) is 37.6 Å². The number of carbonyl (C=O) groups excluding carboxylic acids is 1. The molecule has 2 aromatic rings. The van der Waals surface area contributed by atoms with E-state index in [9.17, 15) is 10.0 Å². The third-order valence-electron chi connectivity index (χ3n) is 4.61. The first-order chi connectivity index (χ1) is 12.6. The molecule has 3 rings (SSSR count). The molecular formula is C18H27N5O3S. The number of rotatable bonds is 3. The Hall–Kier alpha value is -1.81. The average molecular weight is 394 g/mol. The average Bonchev–Trinajstić information content (AvgIpc) is 2.99. The number of H-pyrrole nitrogens is 1. The second kappa shape index (κ2) is 7.31. The van der Waals surface area contributed by atoms with E-state index in [1.165, 1.54) is 0 Å². The third-order valence-corrected chi connectivity index (χ3v) is 5.50. The number of hydroxylamine groups is 3. The van der Waals surface area contributed by atoms with E-state index in [0.717, 1.165) is 28.8 Å². The van der Waals surface area contributed by atoms with Gasteiger partial charge in [-0.05, 0) is 6.07 Å². The fourth-order valence-electron chi connectivity index (χ4n) is 2.87. The molecule has 0 bridgehead atoms. The van der Waals surface area contributed by atoms with Gasteiger partial charge in [-0.15, -0.1) is 0 Å². The van der Waals surface area contributed by atoms with Crippen molar-refractivity contribution in [1.82, 2.24) is 14.3 Å². The fourth-order valence-corrected chi connectivity index (χ4v) is 3.61. The number of piperazine rings is 1. The summed E-state index contributed by atoms with van der Waals surface area (Å²) in [6, 6.07) is 3.67. The lowest BCUT2D eigenvalue weighted by Crippen LogP contribution is -2.52. The SMILES string of the molecule is COc1cc2nc(C(C)(C)C)[nH]c2cc1NC(=O)SN1CC[N+](C)([O-])CC1. The summed E-state index contributed by atoms with van der Waals surface area (Å²) in [5.74, 6) is 1.44. The highest BCUT2D eigenvalue weighted by molar-refractivity contribution is 8.11. The van der Waals surface area contributed by atoms with Gasteiger partial charge >= 0.3 is 0 Å². The molecule has 0 saturated carbocycles. The van der Waals surface area contributed by atoms with E-state index in [2.05, 4.69) is 36.1 Å². The molecule has 148 valence electrons. The molecule has 2 N–H and O–H groups in total. The summed E-state index contributed by atoms with van der Waals surface area (Å²) in [5, 5.41) is 14.6. The van der Waals surface area contributed by atoms with Crippen LogP contribution in [0.25, 0.3) is 11.0 Å². The number of likely N-dealkylation sites (N-methyl/N-ethyl adjacent to an activating group) is 1. The molecule has 1 aromatic heterocycles. The Balaban J connectivity index is 1.74. The number of anilines is 1. The standard InChI is InChI=1S/C18H27N5O3S/c1-18(2,3)16-19-12-10-14(15(26-5)11-13(12)20-16)21-17(24)27-22-6-8-23(4,25)9-7-22/h10-11H,6-9H2,1-5H3,(H,19,20)(H,21,24). The van der Waals surface area contributed by atoms with Gasteiger partial charge in [0.15, 0.2) is 0 Å². The summed E-state index contributed by atoms with van der Waals surface area (Å²) in [4.78, 5) is 20.4. The van der Waals surface area contributed by atoms with Crippen molar-refractivity contribution < 1.29 is 14.2 Å². The van der Waals surface area contributed by atoms with Crippen LogP contribution >= 0.6 is 11.9 Å². The van der Waals surface area contributed by atoms with Crippen molar-refractivity contribution in [1.29, 1.82) is 0 Å². The fraction of sp³-hybridized carbons (Fsp3) is 0.556. The minimum Gasteiger partial charge on any atom is -0.633 e. The van der Waals surface area contributed by atoms with Crippen LogP contribution in [0.1, 0.15) is 26.6 Å². The molecule has 8 nitrogen and oxygen atoms in total. The van der Waals surface area contributed by atoms with Crippen LogP contribution in [0.2, 0.25) is 0 Å². The molecule has 0 radical (unpaired) electrons. The summed E-state index contributed by atoms with van der Waals surface area (Å²) in [6.07, 6.45) is 0. The Morgan fingerprint density at radius 2 is 2.04 bits per heavy atom. The van der Waals surface area contributed by atoms with Gasteiger partial charge in [0.25, 0.3) is 5.24 Å². The Kier molecular flexibility index (Phi) is 5.40. The van der Waals surface area contributed by atoms with Crippen molar-refractivity contribution in [2.75, 3.05) is 45.7 Å². The zero-order valence-electron chi connectivity index (χ0n) is 16.5. The van der Waals surface area contributed by atoms with Gasteiger partial charge < -0.3 is 24.9 Å². The Morgan fingerprint density at radius 3 is 2.63 bits per heavy atom. The van der Waals surface area contributed by atoms with Crippen LogP contribution in [0.4, 0.5) is 10.5 Å². The van der Waals surface area contributed by atoms with Gasteiger partial charge in [0.05, 0.1) is 57.1 Å². The van der Waals surface area contributed by atoms with Crippen molar-refractivity contribution in [2.45, 2.75) is 26.2 Å². The molecule has 1 amide bonds. The van der Waals surface area contributed by atoms with Gasteiger partial charge in [0.2, 0.25) is 0 Å². The molecule has 0 aliphatic carbocycles. The van der Waals surface area contributed by atoms with Gasteiger partial charge in [-0.3, -0.25) is 4.79 Å². The lowest BCUT2D eigenvalue weighted by atomic mass is 9.96. The number of aromatic nitrogens is 2. The van der Waals surface area contributed by atoms with Crippen molar-refractivity contribution in [2.24, 2.45) is 0 Å². The largest absolute Gasteiger partial charge is 0.633 e. The summed E-state index contributed by atoms with van der Waals surface area (Å²) < 4.78 is 7.10. The van der Waals surface area contributed by atoms with E-state index in [-0.39, 0.29) is 15.3 Å². The number of ether oxygens (including phenoxy) is 1. The Labute approximate surface area is 163 Å². The van der Waals surface area contributed by atoms with Crippen molar-refractivity contribution in [3.05, 3.63) is 23.2 Å². The molecule has 0 spiro atoms. The molecule has 0 unspecified atom stereocenters. The van der Waals surface area contributed by atoms with Gasteiger partial charge in [-0.1, -0.05) is 20.8 Å². The normalized spacial score (nSPS) is 17.9. The Bertz CT molecular complexity index is 833. The minimum absolute atomic E-state index is 0.103. The van der Waals surface area contributed by atoms with Crippen molar-refractivity contribution >= 4 is 33.9 Å². The number of methoxy groups -OCH3 is 1. The van der Waals surface area contributed by atoms with Crippen LogP contribution in [0, 0.1) is 5.21 Å². The summed E-state index contributed by atoms with van der Waals surface area (Å²) >= 11 is 1.10. The lowest BCUT2D eigenvalue weighted by molar-refractivity contribution is -0.864. The van der Waals surface area contributed by atoms with Crippen LogP contribution in [0.3, 0.4) is 0 Å². The second-order valence-corrected chi connectivity index (χ2v) is 9.15. The number of nitrogens with zero attached hydrogens (tertiary/aromatic N) is 3.